The first-order valence-corrected chi connectivity index (χ1v) is 11.5. The van der Waals surface area contributed by atoms with Gasteiger partial charge in [0.05, 0.1) is 15.5 Å². The molecule has 1 heterocycles. The molecule has 0 radical (unpaired) electrons. The molecule has 1 aromatic carbocycles. The molecule has 0 spiro atoms. The molecule has 7 nitrogen and oxygen atoms in total. The van der Waals surface area contributed by atoms with Crippen LogP contribution in [-0.2, 0) is 26.2 Å². The van der Waals surface area contributed by atoms with Crippen molar-refractivity contribution in [2.75, 3.05) is 24.4 Å². The number of anilines is 1. The van der Waals surface area contributed by atoms with Crippen LogP contribution in [-0.4, -0.2) is 45.4 Å². The molecule has 0 amide bonds. The van der Waals surface area contributed by atoms with Crippen molar-refractivity contribution in [3.63, 3.8) is 0 Å². The van der Waals surface area contributed by atoms with Crippen LogP contribution in [0.15, 0.2) is 40.4 Å². The summed E-state index contributed by atoms with van der Waals surface area (Å²) in [6.45, 7) is 5.25. The van der Waals surface area contributed by atoms with E-state index in [1.54, 1.807) is 6.20 Å². The van der Waals surface area contributed by atoms with E-state index in [0.29, 0.717) is 12.2 Å². The Balaban J connectivity index is 2.20. The third-order valence-electron chi connectivity index (χ3n) is 3.85. The molecule has 138 valence electrons. The number of sulfone groups is 2. The van der Waals surface area contributed by atoms with Gasteiger partial charge in [-0.15, -0.1) is 0 Å². The predicted octanol–water partition coefficient (Wildman–Crippen LogP) is 1.75. The Morgan fingerprint density at radius 2 is 1.84 bits per heavy atom. The van der Waals surface area contributed by atoms with E-state index in [1.807, 2.05) is 24.6 Å². The van der Waals surface area contributed by atoms with E-state index in [-0.39, 0.29) is 15.7 Å². The highest BCUT2D eigenvalue weighted by Gasteiger charge is 2.18. The van der Waals surface area contributed by atoms with Crippen molar-refractivity contribution < 1.29 is 16.8 Å². The first-order valence-electron chi connectivity index (χ1n) is 7.74. The van der Waals surface area contributed by atoms with Gasteiger partial charge in [-0.1, -0.05) is 6.92 Å². The first kappa shape index (κ1) is 19.5. The molecule has 1 atom stereocenters. The molecule has 0 aliphatic rings. The molecule has 0 aliphatic carbocycles. The van der Waals surface area contributed by atoms with E-state index in [1.165, 1.54) is 18.2 Å². The molecule has 1 aromatic heterocycles. The van der Waals surface area contributed by atoms with Gasteiger partial charge >= 0.3 is 0 Å². The van der Waals surface area contributed by atoms with Crippen LogP contribution >= 0.6 is 0 Å². The van der Waals surface area contributed by atoms with Crippen molar-refractivity contribution >= 4 is 25.4 Å². The molecule has 9 heteroatoms. The molecule has 2 rings (SSSR count). The average molecular weight is 386 g/mol. The number of aromatic nitrogens is 2. The standard InChI is InChI=1S/C16H23N3O4S2/c1-12(11-19-8-7-17-13(19)2)10-18-15-6-5-14(24(3,20)21)9-16(15)25(4,22)23/h5-9,12,18H,10-11H2,1-4H3/t12-/m0/s1. The van der Waals surface area contributed by atoms with Gasteiger partial charge in [0, 0.05) is 38.0 Å². The Hall–Kier alpha value is -1.87. The van der Waals surface area contributed by atoms with Crippen LogP contribution in [0.2, 0.25) is 0 Å². The number of nitrogens with zero attached hydrogens (tertiary/aromatic N) is 2. The van der Waals surface area contributed by atoms with E-state index in [0.717, 1.165) is 24.9 Å². The fourth-order valence-corrected chi connectivity index (χ4v) is 4.07. The van der Waals surface area contributed by atoms with Gasteiger partial charge in [-0.05, 0) is 31.0 Å². The van der Waals surface area contributed by atoms with Crippen molar-refractivity contribution in [2.45, 2.75) is 30.2 Å². The largest absolute Gasteiger partial charge is 0.384 e. The van der Waals surface area contributed by atoms with Gasteiger partial charge in [-0.25, -0.2) is 21.8 Å². The van der Waals surface area contributed by atoms with Crippen LogP contribution in [0.5, 0.6) is 0 Å². The Kier molecular flexibility index (Phi) is 5.58. The van der Waals surface area contributed by atoms with E-state index >= 15 is 0 Å². The number of rotatable bonds is 7. The smallest absolute Gasteiger partial charge is 0.177 e. The Labute approximate surface area is 148 Å². The second-order valence-corrected chi connectivity index (χ2v) is 10.3. The van der Waals surface area contributed by atoms with Crippen molar-refractivity contribution in [3.05, 3.63) is 36.4 Å². The molecule has 0 saturated heterocycles. The van der Waals surface area contributed by atoms with E-state index < -0.39 is 19.7 Å². The monoisotopic (exact) mass is 385 g/mol. The van der Waals surface area contributed by atoms with Crippen LogP contribution in [0.25, 0.3) is 0 Å². The maximum Gasteiger partial charge on any atom is 0.177 e. The Morgan fingerprint density at radius 3 is 2.36 bits per heavy atom. The highest BCUT2D eigenvalue weighted by Crippen LogP contribution is 2.25. The van der Waals surface area contributed by atoms with Gasteiger partial charge in [0.25, 0.3) is 0 Å². The summed E-state index contributed by atoms with van der Waals surface area (Å²) in [6.07, 6.45) is 5.75. The summed E-state index contributed by atoms with van der Waals surface area (Å²) >= 11 is 0. The van der Waals surface area contributed by atoms with Crippen LogP contribution in [0, 0.1) is 12.8 Å². The summed E-state index contributed by atoms with van der Waals surface area (Å²) in [5, 5.41) is 3.12. The SMILES string of the molecule is Cc1nccn1C[C@@H](C)CNc1ccc(S(C)(=O)=O)cc1S(C)(=O)=O. The molecule has 25 heavy (non-hydrogen) atoms. The molecule has 2 aromatic rings. The summed E-state index contributed by atoms with van der Waals surface area (Å²) in [5.41, 5.74) is 0.407. The van der Waals surface area contributed by atoms with E-state index in [9.17, 15) is 16.8 Å². The zero-order valence-electron chi connectivity index (χ0n) is 14.7. The van der Waals surface area contributed by atoms with Gasteiger partial charge in [-0.2, -0.15) is 0 Å². The van der Waals surface area contributed by atoms with Crippen molar-refractivity contribution in [3.8, 4) is 0 Å². The van der Waals surface area contributed by atoms with E-state index in [2.05, 4.69) is 10.3 Å². The summed E-state index contributed by atoms with van der Waals surface area (Å²) in [6, 6.07) is 4.12. The molecule has 0 bridgehead atoms. The number of hydrogen-bond donors (Lipinski definition) is 1. The Morgan fingerprint density at radius 1 is 1.16 bits per heavy atom. The third-order valence-corrected chi connectivity index (χ3v) is 6.10. The van der Waals surface area contributed by atoms with Crippen LogP contribution < -0.4 is 5.32 Å². The fraction of sp³-hybridized carbons (Fsp3) is 0.438. The maximum atomic E-state index is 12.0. The number of benzene rings is 1. The molecule has 0 unspecified atom stereocenters. The quantitative estimate of drug-likeness (QED) is 0.780. The van der Waals surface area contributed by atoms with Crippen LogP contribution in [0.4, 0.5) is 5.69 Å². The summed E-state index contributed by atoms with van der Waals surface area (Å²) in [4.78, 5) is 4.15. The van der Waals surface area contributed by atoms with E-state index in [4.69, 9.17) is 0 Å². The molecular formula is C16H23N3O4S2. The zero-order valence-corrected chi connectivity index (χ0v) is 16.4. The summed E-state index contributed by atoms with van der Waals surface area (Å²) < 4.78 is 49.4. The van der Waals surface area contributed by atoms with Crippen LogP contribution in [0.3, 0.4) is 0 Å². The lowest BCUT2D eigenvalue weighted by molar-refractivity contribution is 0.495. The molecule has 0 aliphatic heterocycles. The summed E-state index contributed by atoms with van der Waals surface area (Å²) in [5.74, 6) is 1.14. The van der Waals surface area contributed by atoms with Gasteiger partial charge in [0.2, 0.25) is 0 Å². The fourth-order valence-electron chi connectivity index (χ4n) is 2.47. The predicted molar refractivity (Wildman–Crippen MR) is 97.3 cm³/mol. The van der Waals surface area contributed by atoms with Gasteiger partial charge in [0.1, 0.15) is 5.82 Å². The minimum atomic E-state index is -3.56. The van der Waals surface area contributed by atoms with Gasteiger partial charge in [0.15, 0.2) is 19.7 Å². The highest BCUT2D eigenvalue weighted by atomic mass is 32.2. The lowest BCUT2D eigenvalue weighted by Crippen LogP contribution is -2.18. The van der Waals surface area contributed by atoms with Gasteiger partial charge in [-0.3, -0.25) is 0 Å². The second kappa shape index (κ2) is 7.17. The lowest BCUT2D eigenvalue weighted by atomic mass is 10.1. The van der Waals surface area contributed by atoms with Crippen LogP contribution in [0.1, 0.15) is 12.7 Å². The van der Waals surface area contributed by atoms with Gasteiger partial charge < -0.3 is 9.88 Å². The minimum absolute atomic E-state index is 0.0126. The van der Waals surface area contributed by atoms with Crippen molar-refractivity contribution in [1.29, 1.82) is 0 Å². The molecular weight excluding hydrogens is 362 g/mol. The topological polar surface area (TPSA) is 98.1 Å². The van der Waals surface area contributed by atoms with Crippen molar-refractivity contribution in [1.82, 2.24) is 9.55 Å². The minimum Gasteiger partial charge on any atom is -0.384 e. The highest BCUT2D eigenvalue weighted by molar-refractivity contribution is 7.91. The lowest BCUT2D eigenvalue weighted by Gasteiger charge is -2.17. The number of aryl methyl sites for hydroxylation is 1. The first-order chi connectivity index (χ1) is 11.5. The van der Waals surface area contributed by atoms with Crippen molar-refractivity contribution in [2.24, 2.45) is 5.92 Å². The molecule has 0 fully saturated rings. The maximum absolute atomic E-state index is 12.0. The average Bonchev–Trinajstić information content (AvgIpc) is 2.88. The number of nitrogens with one attached hydrogen (secondary N) is 1. The second-order valence-electron chi connectivity index (χ2n) is 6.32. The number of imidazole rings is 1. The molecule has 0 saturated carbocycles. The number of hydrogen-bond acceptors (Lipinski definition) is 6. The molecule has 1 N–H and O–H groups in total. The summed E-state index contributed by atoms with van der Waals surface area (Å²) in [7, 11) is -7.04. The zero-order chi connectivity index (χ0) is 18.8. The normalized spacial score (nSPS) is 13.6. The third kappa shape index (κ3) is 5.05. The Bertz CT molecular complexity index is 963.